The number of fused-ring (bicyclic) bond motifs is 6. The van der Waals surface area contributed by atoms with Gasteiger partial charge in [-0.2, -0.15) is 5.06 Å². The smallest absolute Gasteiger partial charge is 0.327 e. The van der Waals surface area contributed by atoms with Crippen molar-refractivity contribution in [1.29, 1.82) is 0 Å². The molecule has 4 aliphatic heterocycles. The molecule has 3 aliphatic carbocycles. The number of amides is 2. The van der Waals surface area contributed by atoms with Crippen LogP contribution in [-0.4, -0.2) is 107 Å². The fourth-order valence-electron chi connectivity index (χ4n) is 13.0. The van der Waals surface area contributed by atoms with Gasteiger partial charge in [0.1, 0.15) is 35.9 Å². The molecule has 360 valence electrons. The van der Waals surface area contributed by atoms with Gasteiger partial charge in [-0.25, -0.2) is 0 Å². The molecule has 7 aliphatic rings. The second-order valence-corrected chi connectivity index (χ2v) is 21.7. The first-order chi connectivity index (χ1) is 31.7. The Morgan fingerprint density at radius 1 is 0.909 bits per heavy atom. The van der Waals surface area contributed by atoms with Crippen LogP contribution in [0.3, 0.4) is 0 Å². The lowest BCUT2D eigenvalue weighted by molar-refractivity contribution is -0.225. The molecule has 12 heteroatoms. The summed E-state index contributed by atoms with van der Waals surface area (Å²) in [5.41, 5.74) is 3.40. The molecule has 9 rings (SSSR count). The number of epoxide rings is 1. The van der Waals surface area contributed by atoms with E-state index in [-0.39, 0.29) is 50.0 Å². The van der Waals surface area contributed by atoms with E-state index in [0.717, 1.165) is 74.5 Å². The van der Waals surface area contributed by atoms with Gasteiger partial charge in [-0.05, 0) is 85.8 Å². The number of carbonyl (C=O) groups is 3. The molecule has 4 saturated heterocycles. The van der Waals surface area contributed by atoms with Crippen LogP contribution in [0, 0.1) is 22.7 Å². The van der Waals surface area contributed by atoms with Gasteiger partial charge >= 0.3 is 5.97 Å². The fraction of sp³-hybridized carbons (Fsp3) is 0.685. The van der Waals surface area contributed by atoms with Crippen LogP contribution >= 0.6 is 0 Å². The number of likely N-dealkylation sites (N-methyl/N-ethyl adjacent to an activating group) is 1. The van der Waals surface area contributed by atoms with Crippen molar-refractivity contribution in [3.63, 3.8) is 0 Å². The van der Waals surface area contributed by atoms with Crippen LogP contribution in [0.15, 0.2) is 60.2 Å². The molecule has 2 aromatic carbocycles. The minimum Gasteiger partial charge on any atom is -0.458 e. The molecule has 2 aromatic rings. The number of carbonyl (C=O) groups excluding carboxylic acids is 3. The Bertz CT molecular complexity index is 2080. The van der Waals surface area contributed by atoms with Crippen LogP contribution in [0.2, 0.25) is 0 Å². The quantitative estimate of drug-likeness (QED) is 0.0858. The summed E-state index contributed by atoms with van der Waals surface area (Å²) in [5, 5.41) is 14.1. The molecule has 0 aromatic heterocycles. The Morgan fingerprint density at radius 2 is 1.62 bits per heavy atom. The van der Waals surface area contributed by atoms with E-state index >= 15 is 4.79 Å². The van der Waals surface area contributed by atoms with Crippen LogP contribution in [0.5, 0.6) is 0 Å². The topological polar surface area (TPSA) is 139 Å². The Morgan fingerprint density at radius 3 is 2.30 bits per heavy atom. The first-order valence-electron chi connectivity index (χ1n) is 25.4. The number of benzene rings is 2. The molecule has 66 heavy (non-hydrogen) atoms. The monoisotopic (exact) mass is 910 g/mol. The second-order valence-electron chi connectivity index (χ2n) is 21.7. The fourth-order valence-corrected chi connectivity index (χ4v) is 13.0. The van der Waals surface area contributed by atoms with Crippen molar-refractivity contribution in [2.45, 2.75) is 191 Å². The third-order valence-electron chi connectivity index (χ3n) is 16.8. The van der Waals surface area contributed by atoms with Crippen LogP contribution in [0.4, 0.5) is 0 Å². The molecule has 4 heterocycles. The summed E-state index contributed by atoms with van der Waals surface area (Å²) in [6, 6.07) is 16.1. The van der Waals surface area contributed by atoms with Crippen LogP contribution in [0.1, 0.15) is 141 Å². The van der Waals surface area contributed by atoms with E-state index in [1.54, 1.807) is 12.1 Å². The maximum atomic E-state index is 15.7. The number of nitrogens with one attached hydrogen (secondary N) is 1. The van der Waals surface area contributed by atoms with Crippen LogP contribution in [0.25, 0.3) is 6.08 Å². The number of hydroxylamine groups is 2. The van der Waals surface area contributed by atoms with Crippen molar-refractivity contribution < 1.29 is 43.3 Å². The Balaban J connectivity index is 1.03. The van der Waals surface area contributed by atoms with Gasteiger partial charge < -0.3 is 34.3 Å². The van der Waals surface area contributed by atoms with E-state index in [2.05, 4.69) is 70.3 Å². The van der Waals surface area contributed by atoms with Crippen molar-refractivity contribution in [1.82, 2.24) is 15.3 Å². The van der Waals surface area contributed by atoms with Gasteiger partial charge in [0.05, 0.1) is 24.9 Å². The Kier molecular flexibility index (Phi) is 13.7. The molecule has 3 saturated carbocycles. The second kappa shape index (κ2) is 19.0. The maximum Gasteiger partial charge on any atom is 0.327 e. The van der Waals surface area contributed by atoms with Gasteiger partial charge in [-0.3, -0.25) is 19.2 Å². The van der Waals surface area contributed by atoms with E-state index in [9.17, 15) is 14.7 Å². The summed E-state index contributed by atoms with van der Waals surface area (Å²) in [5.74, 6) is -0.951. The normalized spacial score (nSPS) is 34.7. The van der Waals surface area contributed by atoms with Gasteiger partial charge in [0.2, 0.25) is 11.8 Å². The molecule has 0 spiro atoms. The molecule has 2 bridgehead atoms. The Labute approximate surface area is 392 Å². The van der Waals surface area contributed by atoms with Crippen molar-refractivity contribution in [3.05, 3.63) is 76.9 Å². The molecule has 2 N–H and O–H groups in total. The average Bonchev–Trinajstić information content (AvgIpc) is 3.58. The van der Waals surface area contributed by atoms with Crippen LogP contribution < -0.4 is 5.32 Å². The molecule has 2 amide bonds. The van der Waals surface area contributed by atoms with E-state index in [0.29, 0.717) is 36.2 Å². The zero-order chi connectivity index (χ0) is 46.4. The summed E-state index contributed by atoms with van der Waals surface area (Å²) in [6.45, 7) is 11.5. The van der Waals surface area contributed by atoms with Crippen molar-refractivity contribution in [2.75, 3.05) is 20.2 Å². The lowest BCUT2D eigenvalue weighted by Crippen LogP contribution is -2.70. The number of hydrogen-bond acceptors (Lipinski definition) is 10. The number of allylic oxidation sites excluding steroid dienone is 1. The van der Waals surface area contributed by atoms with Crippen molar-refractivity contribution in [2.24, 2.45) is 22.7 Å². The number of esters is 1. The highest BCUT2D eigenvalue weighted by molar-refractivity contribution is 5.96. The van der Waals surface area contributed by atoms with Crippen molar-refractivity contribution >= 4 is 23.9 Å². The zero-order valence-corrected chi connectivity index (χ0v) is 40.3. The van der Waals surface area contributed by atoms with E-state index in [1.165, 1.54) is 23.3 Å². The molecule has 3 unspecified atom stereocenters. The highest BCUT2D eigenvalue weighted by atomic mass is 16.8. The highest BCUT2D eigenvalue weighted by Crippen LogP contribution is 2.61. The molecule has 11 atom stereocenters. The SMILES string of the molecule is CCCCCC1(CCCCC)O[C@@H]2[C@H]3ON(Cc4ccc(C=C5CCC6O[C@]6(C)CC[C@@H]6[C@@H]5CC6(C)C)cc4)[C@H]4C(=O)OC(CC34C(=O)N(C)[C@H](Cc3ccccc3)C(=O)NCCO)[C@@H]2O1. The number of unbranched alkanes of at least 4 members (excludes halogenated alkanes) is 4. The van der Waals surface area contributed by atoms with Gasteiger partial charge in [0.15, 0.2) is 11.8 Å². The predicted octanol–water partition coefficient (Wildman–Crippen LogP) is 8.08. The number of ether oxygens (including phenoxy) is 4. The molecule has 0 radical (unpaired) electrons. The van der Waals surface area contributed by atoms with Crippen LogP contribution in [-0.2, 0) is 51.1 Å². The lowest BCUT2D eigenvalue weighted by Gasteiger charge is -2.53. The summed E-state index contributed by atoms with van der Waals surface area (Å²) in [7, 11) is 1.65. The number of aliphatic hydroxyl groups excluding tert-OH is 1. The number of aliphatic hydroxyl groups is 1. The summed E-state index contributed by atoms with van der Waals surface area (Å²) >= 11 is 0. The maximum absolute atomic E-state index is 15.7. The van der Waals surface area contributed by atoms with E-state index in [4.69, 9.17) is 23.8 Å². The number of nitrogens with zero attached hydrogens (tertiary/aromatic N) is 2. The minimum absolute atomic E-state index is 0.0375. The number of hydrogen-bond donors (Lipinski definition) is 2. The average molecular weight is 910 g/mol. The Hall–Kier alpha value is -3.65. The third-order valence-corrected chi connectivity index (χ3v) is 16.8. The van der Waals surface area contributed by atoms with E-state index in [1.807, 2.05) is 30.3 Å². The summed E-state index contributed by atoms with van der Waals surface area (Å²) in [6.07, 6.45) is 13.3. The first-order valence-corrected chi connectivity index (χ1v) is 25.4. The molecule has 12 nitrogen and oxygen atoms in total. The van der Waals surface area contributed by atoms with Gasteiger partial charge in [-0.15, -0.1) is 0 Å². The predicted molar refractivity (Wildman–Crippen MR) is 250 cm³/mol. The highest BCUT2D eigenvalue weighted by Gasteiger charge is 2.77. The number of rotatable bonds is 18. The molecular formula is C54H75N3O9. The van der Waals surface area contributed by atoms with Gasteiger partial charge in [0, 0.05) is 39.3 Å². The third kappa shape index (κ3) is 8.92. The standard InChI is InChI=1S/C54H75N3O9/c1-7-9-14-25-53(26-15-10-8-2)64-44-42-33-54(50(61)56(6)41(48(59)55-28-29-58)31-35-16-12-11-13-17-35)46(49(60)62-42)57(66-47(54)45(44)65-53)34-37-20-18-36(19-21-37)30-38-22-23-43-52(5,63-43)27-24-40-39(38)32-51(40,3)4/h11-13,16-21,30,39-47,58H,7-10,14-15,22-29,31-34H2,1-6H3,(H,55,59)/t39-,40-,41-,42?,43?,44+,45+,46+,47-,52-,54?/m1/s1. The molecular weight excluding hydrogens is 835 g/mol. The van der Waals surface area contributed by atoms with E-state index < -0.39 is 53.7 Å². The van der Waals surface area contributed by atoms with Crippen molar-refractivity contribution in [3.8, 4) is 0 Å². The summed E-state index contributed by atoms with van der Waals surface area (Å²) in [4.78, 5) is 52.9. The minimum atomic E-state index is -1.44. The van der Waals surface area contributed by atoms with Gasteiger partial charge in [-0.1, -0.05) is 120 Å². The summed E-state index contributed by atoms with van der Waals surface area (Å²) < 4.78 is 26.7. The first kappa shape index (κ1) is 47.4. The molecule has 7 fully saturated rings. The lowest BCUT2D eigenvalue weighted by atomic mass is 9.52. The zero-order valence-electron chi connectivity index (χ0n) is 40.3. The largest absolute Gasteiger partial charge is 0.458 e. The van der Waals surface area contributed by atoms with Gasteiger partial charge in [0.25, 0.3) is 0 Å².